The molecule has 0 aliphatic carbocycles. The van der Waals surface area contributed by atoms with Gasteiger partial charge in [-0.1, -0.05) is 0 Å². The van der Waals surface area contributed by atoms with Crippen molar-refractivity contribution in [1.29, 1.82) is 0 Å². The lowest BCUT2D eigenvalue weighted by atomic mass is 10.3. The standard InChI is InChI=1S/C10H19N5O2S.2ClH/c1-14-10(2-3-12-14)18(16,17)13-6-9-15-7-4-11-5-8-15;;/h2-3,11,13H,4-9H2,1H3;2*1H. The summed E-state index contributed by atoms with van der Waals surface area (Å²) >= 11 is 0. The Morgan fingerprint density at radius 1 is 1.35 bits per heavy atom. The summed E-state index contributed by atoms with van der Waals surface area (Å²) in [5.74, 6) is 0. The molecule has 7 nitrogen and oxygen atoms in total. The first-order chi connectivity index (χ1) is 8.59. The molecule has 0 spiro atoms. The van der Waals surface area contributed by atoms with E-state index in [2.05, 4.69) is 20.0 Å². The van der Waals surface area contributed by atoms with Crippen molar-refractivity contribution in [2.75, 3.05) is 39.3 Å². The summed E-state index contributed by atoms with van der Waals surface area (Å²) in [6.45, 7) is 5.02. The number of aromatic nitrogens is 2. The van der Waals surface area contributed by atoms with Gasteiger partial charge in [-0.15, -0.1) is 24.8 Å². The van der Waals surface area contributed by atoms with E-state index in [4.69, 9.17) is 0 Å². The molecule has 1 aliphatic rings. The fourth-order valence-corrected chi connectivity index (χ4v) is 3.12. The number of nitrogens with one attached hydrogen (secondary N) is 2. The number of hydrogen-bond acceptors (Lipinski definition) is 5. The van der Waals surface area contributed by atoms with Crippen molar-refractivity contribution < 1.29 is 8.42 Å². The zero-order valence-electron chi connectivity index (χ0n) is 11.3. The molecule has 1 fully saturated rings. The molecular formula is C10H21Cl2N5O2S. The summed E-state index contributed by atoms with van der Waals surface area (Å²) in [6, 6.07) is 1.49. The molecule has 0 bridgehead atoms. The molecule has 2 N–H and O–H groups in total. The molecule has 0 atom stereocenters. The maximum Gasteiger partial charge on any atom is 0.257 e. The molecule has 1 aromatic heterocycles. The average Bonchev–Trinajstić information content (AvgIpc) is 2.77. The predicted octanol–water partition coefficient (Wildman–Crippen LogP) is -0.553. The van der Waals surface area contributed by atoms with E-state index in [0.29, 0.717) is 6.54 Å². The van der Waals surface area contributed by atoms with Gasteiger partial charge in [0.2, 0.25) is 0 Å². The Morgan fingerprint density at radius 3 is 2.55 bits per heavy atom. The second-order valence-corrected chi connectivity index (χ2v) is 6.00. The molecule has 1 aromatic rings. The third-order valence-corrected chi connectivity index (χ3v) is 4.52. The van der Waals surface area contributed by atoms with Crippen molar-refractivity contribution in [1.82, 2.24) is 24.7 Å². The normalized spacial score (nSPS) is 16.2. The fourth-order valence-electron chi connectivity index (χ4n) is 1.97. The van der Waals surface area contributed by atoms with Crippen LogP contribution in [0, 0.1) is 0 Å². The van der Waals surface area contributed by atoms with Gasteiger partial charge >= 0.3 is 0 Å². The summed E-state index contributed by atoms with van der Waals surface area (Å²) in [4.78, 5) is 2.24. The molecule has 118 valence electrons. The summed E-state index contributed by atoms with van der Waals surface area (Å²) in [5.41, 5.74) is 0. The number of nitrogens with zero attached hydrogens (tertiary/aromatic N) is 3. The molecule has 0 saturated carbocycles. The van der Waals surface area contributed by atoms with Crippen LogP contribution in [-0.2, 0) is 17.1 Å². The number of piperazine rings is 1. The molecule has 1 aliphatic heterocycles. The van der Waals surface area contributed by atoms with Crippen molar-refractivity contribution in [3.63, 3.8) is 0 Å². The first kappa shape index (κ1) is 19.6. The molecule has 0 aromatic carbocycles. The van der Waals surface area contributed by atoms with Crippen LogP contribution >= 0.6 is 24.8 Å². The smallest absolute Gasteiger partial charge is 0.257 e. The lowest BCUT2D eigenvalue weighted by Gasteiger charge is -2.27. The van der Waals surface area contributed by atoms with E-state index in [-0.39, 0.29) is 29.8 Å². The molecule has 0 radical (unpaired) electrons. The first-order valence-corrected chi connectivity index (χ1v) is 7.49. The van der Waals surface area contributed by atoms with Gasteiger partial charge < -0.3 is 5.32 Å². The monoisotopic (exact) mass is 345 g/mol. The van der Waals surface area contributed by atoms with Gasteiger partial charge in [0.1, 0.15) is 0 Å². The van der Waals surface area contributed by atoms with Crippen LogP contribution in [0.1, 0.15) is 0 Å². The highest BCUT2D eigenvalue weighted by Gasteiger charge is 2.18. The summed E-state index contributed by atoms with van der Waals surface area (Å²) in [7, 11) is -1.82. The Morgan fingerprint density at radius 2 is 2.00 bits per heavy atom. The Kier molecular flexibility index (Phi) is 8.64. The minimum absolute atomic E-state index is 0. The Bertz CT molecular complexity index is 488. The van der Waals surface area contributed by atoms with E-state index in [9.17, 15) is 8.42 Å². The van der Waals surface area contributed by atoms with E-state index in [1.807, 2.05) is 0 Å². The number of sulfonamides is 1. The van der Waals surface area contributed by atoms with Gasteiger partial charge in [0.15, 0.2) is 5.03 Å². The Balaban J connectivity index is 0.00000180. The van der Waals surface area contributed by atoms with Crippen molar-refractivity contribution in [2.45, 2.75) is 5.03 Å². The minimum atomic E-state index is -3.44. The number of hydrogen-bond donors (Lipinski definition) is 2. The predicted molar refractivity (Wildman–Crippen MR) is 82.2 cm³/mol. The first-order valence-electron chi connectivity index (χ1n) is 6.00. The molecule has 10 heteroatoms. The van der Waals surface area contributed by atoms with E-state index in [0.717, 1.165) is 32.7 Å². The number of halogens is 2. The van der Waals surface area contributed by atoms with Crippen LogP contribution in [-0.4, -0.2) is 62.4 Å². The summed E-state index contributed by atoms with van der Waals surface area (Å²) in [6.07, 6.45) is 1.48. The van der Waals surface area contributed by atoms with Gasteiger partial charge in [-0.3, -0.25) is 9.58 Å². The molecule has 1 saturated heterocycles. The van der Waals surface area contributed by atoms with Crippen molar-refractivity contribution >= 4 is 34.8 Å². The van der Waals surface area contributed by atoms with Gasteiger partial charge in [0, 0.05) is 46.3 Å². The third kappa shape index (κ3) is 5.19. The van der Waals surface area contributed by atoms with Crippen LogP contribution < -0.4 is 10.0 Å². The van der Waals surface area contributed by atoms with Crippen LogP contribution in [0.25, 0.3) is 0 Å². The Hall–Kier alpha value is -0.380. The number of aryl methyl sites for hydroxylation is 1. The lowest BCUT2D eigenvalue weighted by molar-refractivity contribution is 0.245. The highest BCUT2D eigenvalue weighted by molar-refractivity contribution is 7.89. The zero-order chi connectivity index (χ0) is 13.0. The van der Waals surface area contributed by atoms with E-state index < -0.39 is 10.0 Å². The van der Waals surface area contributed by atoms with Gasteiger partial charge in [0.05, 0.1) is 6.20 Å². The highest BCUT2D eigenvalue weighted by Crippen LogP contribution is 2.05. The molecule has 0 amide bonds. The maximum absolute atomic E-state index is 12.0. The molecule has 2 rings (SSSR count). The van der Waals surface area contributed by atoms with Crippen molar-refractivity contribution in [2.24, 2.45) is 7.05 Å². The second-order valence-electron chi connectivity index (χ2n) is 4.28. The molecule has 20 heavy (non-hydrogen) atoms. The topological polar surface area (TPSA) is 79.3 Å². The van der Waals surface area contributed by atoms with Crippen LogP contribution in [0.3, 0.4) is 0 Å². The van der Waals surface area contributed by atoms with E-state index in [1.54, 1.807) is 7.05 Å². The average molecular weight is 346 g/mol. The number of rotatable bonds is 5. The summed E-state index contributed by atoms with van der Waals surface area (Å²) < 4.78 is 27.9. The largest absolute Gasteiger partial charge is 0.314 e. The molecule has 2 heterocycles. The fraction of sp³-hybridized carbons (Fsp3) is 0.700. The summed E-state index contributed by atoms with van der Waals surface area (Å²) in [5, 5.41) is 7.32. The van der Waals surface area contributed by atoms with Crippen molar-refractivity contribution in [3.8, 4) is 0 Å². The van der Waals surface area contributed by atoms with E-state index >= 15 is 0 Å². The van der Waals surface area contributed by atoms with Crippen molar-refractivity contribution in [3.05, 3.63) is 12.3 Å². The quantitative estimate of drug-likeness (QED) is 0.748. The van der Waals surface area contributed by atoms with Gasteiger partial charge in [-0.05, 0) is 6.07 Å². The maximum atomic E-state index is 12.0. The van der Waals surface area contributed by atoms with Crippen LogP contribution in [0.2, 0.25) is 0 Å². The van der Waals surface area contributed by atoms with Gasteiger partial charge in [-0.25, -0.2) is 13.1 Å². The molecular weight excluding hydrogens is 325 g/mol. The van der Waals surface area contributed by atoms with Crippen LogP contribution in [0.5, 0.6) is 0 Å². The van der Waals surface area contributed by atoms with Crippen LogP contribution in [0.4, 0.5) is 0 Å². The van der Waals surface area contributed by atoms with Crippen LogP contribution in [0.15, 0.2) is 17.3 Å². The zero-order valence-corrected chi connectivity index (χ0v) is 13.7. The lowest BCUT2D eigenvalue weighted by Crippen LogP contribution is -2.46. The van der Waals surface area contributed by atoms with Gasteiger partial charge in [0.25, 0.3) is 10.0 Å². The molecule has 0 unspecified atom stereocenters. The van der Waals surface area contributed by atoms with E-state index in [1.165, 1.54) is 16.9 Å². The third-order valence-electron chi connectivity index (χ3n) is 2.98. The SMILES string of the molecule is Cl.Cl.Cn1nccc1S(=O)(=O)NCCN1CCNCC1. The highest BCUT2D eigenvalue weighted by atomic mass is 35.5. The minimum Gasteiger partial charge on any atom is -0.314 e. The van der Waals surface area contributed by atoms with Gasteiger partial charge in [-0.2, -0.15) is 5.10 Å². The Labute approximate surface area is 132 Å². The second kappa shape index (κ2) is 8.81.